The van der Waals surface area contributed by atoms with Crippen molar-refractivity contribution in [1.29, 1.82) is 0 Å². The quantitative estimate of drug-likeness (QED) is 0.592. The molecule has 0 fully saturated rings. The number of carbonyl (C=O) groups excluding carboxylic acids is 1. The van der Waals surface area contributed by atoms with Crippen molar-refractivity contribution in [2.45, 2.75) is 17.5 Å². The van der Waals surface area contributed by atoms with Crippen LogP contribution in [0.4, 0.5) is 4.39 Å². The van der Waals surface area contributed by atoms with E-state index in [2.05, 4.69) is 15.5 Å². The Balaban J connectivity index is 1.61. The van der Waals surface area contributed by atoms with Crippen molar-refractivity contribution in [2.75, 3.05) is 0 Å². The molecule has 0 aliphatic carbocycles. The predicted molar refractivity (Wildman–Crippen MR) is 105 cm³/mol. The lowest BCUT2D eigenvalue weighted by Crippen LogP contribution is -2.25. The molecule has 0 atom stereocenters. The van der Waals surface area contributed by atoms with Gasteiger partial charge >= 0.3 is 0 Å². The van der Waals surface area contributed by atoms with Crippen molar-refractivity contribution in [3.8, 4) is 0 Å². The molecule has 0 aliphatic heterocycles. The van der Waals surface area contributed by atoms with Gasteiger partial charge in [0.05, 0.1) is 12.1 Å². The molecule has 140 valence electrons. The minimum atomic E-state index is -0.566. The van der Waals surface area contributed by atoms with Crippen molar-refractivity contribution in [3.05, 3.63) is 75.3 Å². The zero-order valence-electron chi connectivity index (χ0n) is 14.2. The SMILES string of the molecule is Cn1c(CNC(=O)c2ccccc2F)nnc1SCc1ccc(Cl)cc1Cl. The largest absolute Gasteiger partial charge is 0.345 e. The highest BCUT2D eigenvalue weighted by Gasteiger charge is 2.14. The van der Waals surface area contributed by atoms with Crippen LogP contribution in [0.1, 0.15) is 21.7 Å². The van der Waals surface area contributed by atoms with Gasteiger partial charge in [-0.3, -0.25) is 4.79 Å². The van der Waals surface area contributed by atoms with Gasteiger partial charge in [0, 0.05) is 22.8 Å². The molecule has 3 rings (SSSR count). The number of hydrogen-bond acceptors (Lipinski definition) is 4. The van der Waals surface area contributed by atoms with Gasteiger partial charge < -0.3 is 9.88 Å². The Hall–Kier alpha value is -2.09. The van der Waals surface area contributed by atoms with E-state index in [-0.39, 0.29) is 12.1 Å². The topological polar surface area (TPSA) is 59.8 Å². The van der Waals surface area contributed by atoms with Crippen LogP contribution < -0.4 is 5.32 Å². The summed E-state index contributed by atoms with van der Waals surface area (Å²) in [6, 6.07) is 11.2. The zero-order chi connectivity index (χ0) is 19.4. The summed E-state index contributed by atoms with van der Waals surface area (Å²) in [7, 11) is 1.80. The first-order valence-corrected chi connectivity index (χ1v) is 9.67. The molecule has 1 amide bonds. The van der Waals surface area contributed by atoms with Crippen LogP contribution in [-0.2, 0) is 19.3 Å². The highest BCUT2D eigenvalue weighted by Crippen LogP contribution is 2.27. The molecule has 3 aromatic rings. The second-order valence-electron chi connectivity index (χ2n) is 5.64. The number of halogens is 3. The fraction of sp³-hybridized carbons (Fsp3) is 0.167. The number of rotatable bonds is 6. The molecule has 27 heavy (non-hydrogen) atoms. The van der Waals surface area contributed by atoms with Crippen LogP contribution in [0.25, 0.3) is 0 Å². The molecule has 0 saturated heterocycles. The lowest BCUT2D eigenvalue weighted by Gasteiger charge is -2.07. The first kappa shape index (κ1) is 19.7. The van der Waals surface area contributed by atoms with Crippen molar-refractivity contribution in [3.63, 3.8) is 0 Å². The Bertz CT molecular complexity index is 980. The first-order valence-electron chi connectivity index (χ1n) is 7.93. The molecule has 1 N–H and O–H groups in total. The molecule has 1 heterocycles. The van der Waals surface area contributed by atoms with Gasteiger partial charge in [-0.25, -0.2) is 4.39 Å². The van der Waals surface area contributed by atoms with Gasteiger partial charge in [-0.15, -0.1) is 10.2 Å². The number of hydrogen-bond donors (Lipinski definition) is 1. The second-order valence-corrected chi connectivity index (χ2v) is 7.43. The van der Waals surface area contributed by atoms with Crippen molar-refractivity contribution in [1.82, 2.24) is 20.1 Å². The molecule has 9 heteroatoms. The van der Waals surface area contributed by atoms with E-state index in [0.717, 1.165) is 5.56 Å². The van der Waals surface area contributed by atoms with Gasteiger partial charge in [0.2, 0.25) is 0 Å². The summed E-state index contributed by atoms with van der Waals surface area (Å²) in [6.45, 7) is 0.138. The maximum absolute atomic E-state index is 13.7. The zero-order valence-corrected chi connectivity index (χ0v) is 16.6. The number of nitrogens with zero attached hydrogens (tertiary/aromatic N) is 3. The summed E-state index contributed by atoms with van der Waals surface area (Å²) < 4.78 is 15.4. The van der Waals surface area contributed by atoms with Gasteiger partial charge in [0.1, 0.15) is 5.82 Å². The van der Waals surface area contributed by atoms with Crippen molar-refractivity contribution < 1.29 is 9.18 Å². The molecule has 0 aliphatic rings. The maximum atomic E-state index is 13.7. The number of amides is 1. The molecule has 0 saturated carbocycles. The van der Waals surface area contributed by atoms with Gasteiger partial charge in [0.25, 0.3) is 5.91 Å². The van der Waals surface area contributed by atoms with E-state index in [1.165, 1.54) is 30.0 Å². The molecule has 2 aromatic carbocycles. The standard InChI is InChI=1S/C18H15Cl2FN4OS/c1-25-16(9-22-17(26)13-4-2-3-5-15(13)21)23-24-18(25)27-10-11-6-7-12(19)8-14(11)20/h2-8H,9-10H2,1H3,(H,22,26). The fourth-order valence-electron chi connectivity index (χ4n) is 2.31. The van der Waals surface area contributed by atoms with Gasteiger partial charge in [-0.1, -0.05) is 53.2 Å². The third-order valence-electron chi connectivity index (χ3n) is 3.82. The van der Waals surface area contributed by atoms with E-state index in [0.29, 0.717) is 26.8 Å². The molecule has 1 aromatic heterocycles. The van der Waals surface area contributed by atoms with E-state index >= 15 is 0 Å². The summed E-state index contributed by atoms with van der Waals surface area (Å²) in [5, 5.41) is 12.7. The number of benzene rings is 2. The molecule has 0 unspecified atom stereocenters. The Morgan fingerprint density at radius 1 is 1.22 bits per heavy atom. The van der Waals surface area contributed by atoms with Crippen LogP contribution in [0.5, 0.6) is 0 Å². The summed E-state index contributed by atoms with van der Waals surface area (Å²) in [5.41, 5.74) is 0.926. The number of thioether (sulfide) groups is 1. The number of carbonyl (C=O) groups is 1. The summed E-state index contributed by atoms with van der Waals surface area (Å²) in [4.78, 5) is 12.1. The summed E-state index contributed by atoms with van der Waals surface area (Å²) >= 11 is 13.5. The molecule has 5 nitrogen and oxygen atoms in total. The van der Waals surface area contributed by atoms with E-state index in [9.17, 15) is 9.18 Å². The monoisotopic (exact) mass is 424 g/mol. The molecule has 0 bridgehead atoms. The lowest BCUT2D eigenvalue weighted by atomic mass is 10.2. The van der Waals surface area contributed by atoms with Crippen LogP contribution in [-0.4, -0.2) is 20.7 Å². The normalized spacial score (nSPS) is 10.8. The van der Waals surface area contributed by atoms with Crippen LogP contribution in [0.2, 0.25) is 10.0 Å². The smallest absolute Gasteiger partial charge is 0.254 e. The highest BCUT2D eigenvalue weighted by molar-refractivity contribution is 7.98. The molecule has 0 radical (unpaired) electrons. The summed E-state index contributed by atoms with van der Waals surface area (Å²) in [5.74, 6) is 0.0931. The Labute approximate surface area is 169 Å². The van der Waals surface area contributed by atoms with Crippen LogP contribution >= 0.6 is 35.0 Å². The van der Waals surface area contributed by atoms with Gasteiger partial charge in [0.15, 0.2) is 11.0 Å². The third-order valence-corrected chi connectivity index (χ3v) is 5.48. The van der Waals surface area contributed by atoms with E-state index in [1.807, 2.05) is 6.07 Å². The highest BCUT2D eigenvalue weighted by atomic mass is 35.5. The Morgan fingerprint density at radius 2 is 2.00 bits per heavy atom. The fourth-order valence-corrected chi connectivity index (χ4v) is 3.79. The van der Waals surface area contributed by atoms with Crippen LogP contribution in [0, 0.1) is 5.82 Å². The summed E-state index contributed by atoms with van der Waals surface area (Å²) in [6.07, 6.45) is 0. The average molecular weight is 425 g/mol. The Morgan fingerprint density at radius 3 is 2.74 bits per heavy atom. The minimum absolute atomic E-state index is 0.00773. The second kappa shape index (κ2) is 8.73. The number of nitrogens with one attached hydrogen (secondary N) is 1. The lowest BCUT2D eigenvalue weighted by molar-refractivity contribution is 0.0945. The molecule has 0 spiro atoms. The van der Waals surface area contributed by atoms with Gasteiger partial charge in [-0.05, 0) is 29.8 Å². The molecular formula is C18H15Cl2FN4OS. The van der Waals surface area contributed by atoms with Crippen LogP contribution in [0.3, 0.4) is 0 Å². The first-order chi connectivity index (χ1) is 13.0. The maximum Gasteiger partial charge on any atom is 0.254 e. The van der Waals surface area contributed by atoms with Gasteiger partial charge in [-0.2, -0.15) is 0 Å². The van der Waals surface area contributed by atoms with Crippen molar-refractivity contribution >= 4 is 40.9 Å². The molecular weight excluding hydrogens is 410 g/mol. The average Bonchev–Trinajstić information content (AvgIpc) is 2.99. The van der Waals surface area contributed by atoms with Crippen molar-refractivity contribution in [2.24, 2.45) is 7.05 Å². The Kier molecular flexibility index (Phi) is 6.36. The van der Waals surface area contributed by atoms with E-state index < -0.39 is 11.7 Å². The van der Waals surface area contributed by atoms with E-state index in [4.69, 9.17) is 23.2 Å². The third kappa shape index (κ3) is 4.80. The van der Waals surface area contributed by atoms with E-state index in [1.54, 1.807) is 29.8 Å². The number of aromatic nitrogens is 3. The minimum Gasteiger partial charge on any atom is -0.345 e. The predicted octanol–water partition coefficient (Wildman–Crippen LogP) is 4.48. The van der Waals surface area contributed by atoms with Crippen LogP contribution in [0.15, 0.2) is 47.6 Å².